The normalized spacial score (nSPS) is 11.5. The lowest BCUT2D eigenvalue weighted by atomic mass is 9.97. The second-order valence-corrected chi connectivity index (χ2v) is 41.3. The molecule has 0 spiro atoms. The molecule has 5 heterocycles. The Morgan fingerprint density at radius 1 is 0.105 bits per heavy atom. The van der Waals surface area contributed by atoms with Gasteiger partial charge in [0.05, 0.1) is 5.69 Å². The van der Waals surface area contributed by atoms with Gasteiger partial charge in [-0.05, 0) is 300 Å². The number of thiophene rings is 5. The fraction of sp³-hybridized carbons (Fsp3) is 0. The second kappa shape index (κ2) is 37.5. The molecule has 0 saturated carbocycles. The first-order valence-corrected chi connectivity index (χ1v) is 52.3. The van der Waals surface area contributed by atoms with Crippen LogP contribution in [0.5, 0.6) is 0 Å². The molecule has 0 saturated heterocycles. The molecule has 27 rings (SSSR count). The highest BCUT2D eigenvalue weighted by Gasteiger charge is 2.27. The van der Waals surface area contributed by atoms with Crippen LogP contribution < -0.4 is 29.4 Å². The van der Waals surface area contributed by atoms with Gasteiger partial charge in [0.2, 0.25) is 0 Å². The highest BCUT2D eigenvalue weighted by molar-refractivity contribution is 7.27. The van der Waals surface area contributed by atoms with Gasteiger partial charge in [0.25, 0.3) is 0 Å². The minimum absolute atomic E-state index is 1.08. The van der Waals surface area contributed by atoms with Crippen molar-refractivity contribution >= 4 is 260 Å². The molecule has 0 atom stereocenters. The number of anilines is 18. The third-order valence-corrected chi connectivity index (χ3v) is 32.9. The summed E-state index contributed by atoms with van der Waals surface area (Å²) in [6.07, 6.45) is 0. The van der Waals surface area contributed by atoms with E-state index in [4.69, 9.17) is 0 Å². The Labute approximate surface area is 849 Å². The maximum absolute atomic E-state index is 2.47. The molecule has 5 aromatic heterocycles. The summed E-state index contributed by atoms with van der Waals surface area (Å²) in [5, 5.41) is 12.7. The molecular formula is C132H88N6S5. The standard InChI is InChI=1S/C66H43N3S3.C66H45N3S2/c1-4-17-46(18-5-1)67(47-19-6-2-7-20-47)49-23-14-16-44(38-49)45-30-35-63-58(39-45)57-34-31-54(43-66(57)72-63)69(53-33-37-65-60(42-53)56-27-11-13-29-62(56)71-65)51-25-15-24-50(40-51)68(48-21-8-3-9-22-48)52-32-36-64-59(41-52)55-26-10-12-28-61(55)70-64;1-5-20-50(21-6-1)67(51-22-7-2-8-23-51)54-37-34-46(35-38-54)47-18-15-19-48(42-47)49-36-41-63-60(43-49)58-40-39-57(45-65(58)71-63)69(61-31-17-33-64-66(61)59-30-13-14-32-62(59)70-64)56-29-16-28-55(44-56)68(52-24-9-3-10-25-52)53-26-11-4-12-27-53/h1-43H;1-45H. The van der Waals surface area contributed by atoms with Crippen molar-refractivity contribution in [1.82, 2.24) is 0 Å². The van der Waals surface area contributed by atoms with Crippen molar-refractivity contribution in [3.63, 3.8) is 0 Å². The highest BCUT2D eigenvalue weighted by atomic mass is 32.1. The summed E-state index contributed by atoms with van der Waals surface area (Å²) in [6, 6.07) is 194. The number of benzene rings is 22. The van der Waals surface area contributed by atoms with Gasteiger partial charge in [0.15, 0.2) is 0 Å². The topological polar surface area (TPSA) is 19.4 Å². The summed E-state index contributed by atoms with van der Waals surface area (Å²) in [5.41, 5.74) is 27.1. The summed E-state index contributed by atoms with van der Waals surface area (Å²) in [6.45, 7) is 0. The van der Waals surface area contributed by atoms with E-state index in [2.05, 4.69) is 563 Å². The Morgan fingerprint density at radius 3 is 0.776 bits per heavy atom. The van der Waals surface area contributed by atoms with Gasteiger partial charge in [-0.3, -0.25) is 0 Å². The first kappa shape index (κ1) is 86.1. The van der Waals surface area contributed by atoms with E-state index in [0.29, 0.717) is 0 Å². The van der Waals surface area contributed by atoms with Crippen LogP contribution in [0.2, 0.25) is 0 Å². The van der Waals surface area contributed by atoms with Gasteiger partial charge in [-0.25, -0.2) is 0 Å². The zero-order valence-electron chi connectivity index (χ0n) is 77.5. The summed E-state index contributed by atoms with van der Waals surface area (Å²) >= 11 is 9.29. The summed E-state index contributed by atoms with van der Waals surface area (Å²) in [5.74, 6) is 0. The predicted molar refractivity (Wildman–Crippen MR) is 622 cm³/mol. The van der Waals surface area contributed by atoms with Crippen molar-refractivity contribution in [2.24, 2.45) is 0 Å². The lowest BCUT2D eigenvalue weighted by Gasteiger charge is -2.30. The Hall–Kier alpha value is -17.3. The van der Waals surface area contributed by atoms with E-state index < -0.39 is 0 Å². The zero-order chi connectivity index (χ0) is 94.6. The minimum Gasteiger partial charge on any atom is -0.311 e. The molecule has 676 valence electrons. The number of hydrogen-bond donors (Lipinski definition) is 0. The molecule has 0 fully saturated rings. The van der Waals surface area contributed by atoms with Crippen LogP contribution in [0.4, 0.5) is 102 Å². The van der Waals surface area contributed by atoms with Crippen LogP contribution in [0.1, 0.15) is 0 Å². The van der Waals surface area contributed by atoms with Crippen LogP contribution in [-0.2, 0) is 0 Å². The first-order chi connectivity index (χ1) is 70.9. The maximum atomic E-state index is 2.47. The van der Waals surface area contributed by atoms with Crippen molar-refractivity contribution in [3.05, 3.63) is 534 Å². The predicted octanol–water partition coefficient (Wildman–Crippen LogP) is 41.0. The zero-order valence-corrected chi connectivity index (χ0v) is 81.6. The molecule has 11 heteroatoms. The van der Waals surface area contributed by atoms with Crippen LogP contribution in [0.3, 0.4) is 0 Å². The molecule has 27 aromatic rings. The lowest BCUT2D eigenvalue weighted by molar-refractivity contribution is 1.26. The van der Waals surface area contributed by atoms with E-state index in [0.717, 1.165) is 102 Å². The molecule has 0 aliphatic carbocycles. The Bertz CT molecular complexity index is 9280. The van der Waals surface area contributed by atoms with Crippen LogP contribution >= 0.6 is 56.7 Å². The Balaban J connectivity index is 0.000000146. The molecule has 0 amide bonds. The van der Waals surface area contributed by atoms with Crippen LogP contribution in [-0.4, -0.2) is 0 Å². The van der Waals surface area contributed by atoms with Crippen molar-refractivity contribution in [3.8, 4) is 33.4 Å². The minimum atomic E-state index is 1.08. The van der Waals surface area contributed by atoms with Crippen molar-refractivity contribution in [2.45, 2.75) is 0 Å². The Morgan fingerprint density at radius 2 is 0.336 bits per heavy atom. The van der Waals surface area contributed by atoms with Crippen LogP contribution in [0, 0.1) is 0 Å². The summed E-state index contributed by atoms with van der Waals surface area (Å²) in [4.78, 5) is 14.3. The maximum Gasteiger partial charge on any atom is 0.0554 e. The van der Waals surface area contributed by atoms with Crippen molar-refractivity contribution in [1.29, 1.82) is 0 Å². The van der Waals surface area contributed by atoms with E-state index in [9.17, 15) is 0 Å². The second-order valence-electron chi connectivity index (χ2n) is 35.9. The molecule has 0 radical (unpaired) electrons. The molecule has 0 N–H and O–H groups in total. The van der Waals surface area contributed by atoms with E-state index >= 15 is 0 Å². The third-order valence-electron chi connectivity index (χ3n) is 27.2. The van der Waals surface area contributed by atoms with Crippen LogP contribution in [0.15, 0.2) is 534 Å². The quantitative estimate of drug-likeness (QED) is 0.0709. The first-order valence-electron chi connectivity index (χ1n) is 48.2. The van der Waals surface area contributed by atoms with E-state index in [-0.39, 0.29) is 0 Å². The van der Waals surface area contributed by atoms with Gasteiger partial charge in [-0.2, -0.15) is 0 Å². The molecular weight excluding hydrogens is 1830 g/mol. The summed E-state index contributed by atoms with van der Waals surface area (Å²) < 4.78 is 12.8. The molecule has 0 bridgehead atoms. The van der Waals surface area contributed by atoms with Crippen LogP contribution in [0.25, 0.3) is 134 Å². The summed E-state index contributed by atoms with van der Waals surface area (Å²) in [7, 11) is 0. The number of nitrogens with zero attached hydrogens (tertiary/aromatic N) is 6. The number of fused-ring (bicyclic) bond motifs is 15. The van der Waals surface area contributed by atoms with Crippen molar-refractivity contribution in [2.75, 3.05) is 29.4 Å². The van der Waals surface area contributed by atoms with E-state index in [1.807, 2.05) is 56.7 Å². The average Bonchev–Trinajstić information content (AvgIpc) is 1.62. The molecule has 6 nitrogen and oxygen atoms in total. The Kier molecular flexibility index (Phi) is 22.6. The SMILES string of the molecule is c1ccc(N(c2ccccc2)c2ccc(-c3cccc(-c4ccc5sc6cc(N(c7cccc(N(c8ccccc8)c8ccccc8)c7)c7cccc8sc9ccccc9c78)ccc6c5c4)c3)cc2)cc1.c1ccc(N(c2ccccc2)c2cccc(-c3ccc4sc5cc(N(c6cccc(N(c7ccccc7)c7ccc8sc9ccccc9c8c7)c6)c6ccc7sc8ccccc8c7c6)ccc5c4c3)c2)cc1. The van der Waals surface area contributed by atoms with Gasteiger partial charge < -0.3 is 29.4 Å². The van der Waals surface area contributed by atoms with Gasteiger partial charge >= 0.3 is 0 Å². The largest absolute Gasteiger partial charge is 0.311 e. The number of para-hydroxylation sites is 7. The van der Waals surface area contributed by atoms with E-state index in [1.165, 1.54) is 134 Å². The van der Waals surface area contributed by atoms with Gasteiger partial charge in [0.1, 0.15) is 0 Å². The number of hydrogen-bond acceptors (Lipinski definition) is 11. The third kappa shape index (κ3) is 16.5. The van der Waals surface area contributed by atoms with Gasteiger partial charge in [-0.1, -0.05) is 267 Å². The molecule has 0 aliphatic rings. The highest BCUT2D eigenvalue weighted by Crippen LogP contribution is 2.53. The molecule has 0 unspecified atom stereocenters. The van der Waals surface area contributed by atoms with E-state index in [1.54, 1.807) is 0 Å². The number of rotatable bonds is 21. The fourth-order valence-corrected chi connectivity index (χ4v) is 26.1. The average molecular weight is 1920 g/mol. The van der Waals surface area contributed by atoms with Gasteiger partial charge in [0, 0.05) is 198 Å². The molecule has 0 aliphatic heterocycles. The molecule has 22 aromatic carbocycles. The smallest absolute Gasteiger partial charge is 0.0554 e. The van der Waals surface area contributed by atoms with Crippen molar-refractivity contribution < 1.29 is 0 Å². The molecule has 143 heavy (non-hydrogen) atoms. The monoisotopic (exact) mass is 1920 g/mol. The fourth-order valence-electron chi connectivity index (χ4n) is 20.6. The van der Waals surface area contributed by atoms with Gasteiger partial charge in [-0.15, -0.1) is 56.7 Å². The lowest BCUT2D eigenvalue weighted by Crippen LogP contribution is -2.13.